The second-order valence-electron chi connectivity index (χ2n) is 6.30. The number of rotatable bonds is 4. The van der Waals surface area contributed by atoms with E-state index in [-0.39, 0.29) is 29.8 Å². The highest BCUT2D eigenvalue weighted by Crippen LogP contribution is 2.23. The van der Waals surface area contributed by atoms with Gasteiger partial charge in [0.2, 0.25) is 15.9 Å². The molecular formula is C19H21N3O4S. The number of nitrogens with one attached hydrogen (secondary N) is 2. The van der Waals surface area contributed by atoms with Gasteiger partial charge in [0.15, 0.2) is 0 Å². The minimum absolute atomic E-state index is 0.253. The lowest BCUT2D eigenvalue weighted by Crippen LogP contribution is -2.48. The minimum atomic E-state index is -3.54. The van der Waals surface area contributed by atoms with Gasteiger partial charge in [-0.25, -0.2) is 8.42 Å². The molecule has 27 heavy (non-hydrogen) atoms. The van der Waals surface area contributed by atoms with Gasteiger partial charge in [0.05, 0.1) is 4.90 Å². The quantitative estimate of drug-likeness (QED) is 0.778. The number of amides is 2. The van der Waals surface area contributed by atoms with Crippen LogP contribution in [0.2, 0.25) is 0 Å². The van der Waals surface area contributed by atoms with E-state index in [1.165, 1.54) is 4.31 Å². The highest BCUT2D eigenvalue weighted by Gasteiger charge is 2.32. The van der Waals surface area contributed by atoms with Crippen molar-refractivity contribution < 1.29 is 18.0 Å². The van der Waals surface area contributed by atoms with Gasteiger partial charge in [0.1, 0.15) is 0 Å². The Bertz CT molecular complexity index is 893. The fourth-order valence-corrected chi connectivity index (χ4v) is 4.47. The molecular weight excluding hydrogens is 366 g/mol. The zero-order valence-corrected chi connectivity index (χ0v) is 15.5. The van der Waals surface area contributed by atoms with Gasteiger partial charge in [-0.15, -0.1) is 0 Å². The second-order valence-corrected chi connectivity index (χ2v) is 8.24. The van der Waals surface area contributed by atoms with E-state index in [0.29, 0.717) is 18.4 Å². The van der Waals surface area contributed by atoms with E-state index in [1.807, 2.05) is 0 Å². The van der Waals surface area contributed by atoms with Crippen LogP contribution in [-0.4, -0.2) is 37.6 Å². The van der Waals surface area contributed by atoms with Gasteiger partial charge < -0.3 is 0 Å². The lowest BCUT2D eigenvalue weighted by molar-refractivity contribution is -0.126. The summed E-state index contributed by atoms with van der Waals surface area (Å²) >= 11 is 0. The maximum atomic E-state index is 12.6. The predicted molar refractivity (Wildman–Crippen MR) is 100.0 cm³/mol. The number of piperidine rings is 1. The van der Waals surface area contributed by atoms with Crippen molar-refractivity contribution >= 4 is 21.8 Å². The van der Waals surface area contributed by atoms with Crippen LogP contribution in [-0.2, 0) is 14.8 Å². The van der Waals surface area contributed by atoms with Gasteiger partial charge in [-0.05, 0) is 37.1 Å². The van der Waals surface area contributed by atoms with Crippen molar-refractivity contribution in [3.63, 3.8) is 0 Å². The Hall–Kier alpha value is -2.71. The average Bonchev–Trinajstić information content (AvgIpc) is 2.73. The van der Waals surface area contributed by atoms with Gasteiger partial charge >= 0.3 is 0 Å². The molecule has 0 aliphatic carbocycles. The minimum Gasteiger partial charge on any atom is -0.273 e. The Morgan fingerprint density at radius 3 is 2.00 bits per heavy atom. The Balaban J connectivity index is 1.51. The van der Waals surface area contributed by atoms with Crippen molar-refractivity contribution in [1.82, 2.24) is 15.2 Å². The van der Waals surface area contributed by atoms with Crippen LogP contribution in [0.25, 0.3) is 0 Å². The molecule has 0 unspecified atom stereocenters. The first-order chi connectivity index (χ1) is 13.0. The fourth-order valence-electron chi connectivity index (χ4n) is 2.98. The molecule has 7 nitrogen and oxygen atoms in total. The summed E-state index contributed by atoms with van der Waals surface area (Å²) in [6.45, 7) is 0.532. The molecule has 2 N–H and O–H groups in total. The zero-order valence-electron chi connectivity index (χ0n) is 14.7. The first kappa shape index (κ1) is 19.1. The van der Waals surface area contributed by atoms with Gasteiger partial charge in [-0.3, -0.25) is 20.4 Å². The van der Waals surface area contributed by atoms with E-state index in [9.17, 15) is 18.0 Å². The van der Waals surface area contributed by atoms with E-state index < -0.39 is 15.9 Å². The first-order valence-corrected chi connectivity index (χ1v) is 10.1. The van der Waals surface area contributed by atoms with Crippen LogP contribution in [0.4, 0.5) is 0 Å². The number of hydrogen-bond acceptors (Lipinski definition) is 4. The number of sulfonamides is 1. The molecule has 1 fully saturated rings. The number of benzene rings is 2. The summed E-state index contributed by atoms with van der Waals surface area (Å²) in [4.78, 5) is 24.5. The summed E-state index contributed by atoms with van der Waals surface area (Å²) in [6.07, 6.45) is 0.804. The molecule has 0 bridgehead atoms. The lowest BCUT2D eigenvalue weighted by atomic mass is 9.98. The molecule has 0 saturated carbocycles. The van der Waals surface area contributed by atoms with Crippen LogP contribution >= 0.6 is 0 Å². The van der Waals surface area contributed by atoms with E-state index >= 15 is 0 Å². The zero-order chi connectivity index (χ0) is 19.3. The smallest absolute Gasteiger partial charge is 0.269 e. The molecule has 0 atom stereocenters. The summed E-state index contributed by atoms with van der Waals surface area (Å²) in [7, 11) is -3.54. The third-order valence-corrected chi connectivity index (χ3v) is 6.45. The van der Waals surface area contributed by atoms with Crippen molar-refractivity contribution in [2.45, 2.75) is 17.7 Å². The number of hydrazine groups is 1. The summed E-state index contributed by atoms with van der Waals surface area (Å²) in [5.74, 6) is -1.05. The topological polar surface area (TPSA) is 95.6 Å². The van der Waals surface area contributed by atoms with Gasteiger partial charge in [0.25, 0.3) is 5.91 Å². The SMILES string of the molecule is O=C(NNC(=O)C1CCN(S(=O)(=O)c2ccccc2)CC1)c1ccccc1. The van der Waals surface area contributed by atoms with Gasteiger partial charge in [0, 0.05) is 24.6 Å². The Morgan fingerprint density at radius 2 is 1.41 bits per heavy atom. The molecule has 0 spiro atoms. The molecule has 142 valence electrons. The average molecular weight is 387 g/mol. The largest absolute Gasteiger partial charge is 0.273 e. The third-order valence-electron chi connectivity index (χ3n) is 4.54. The van der Waals surface area contributed by atoms with E-state index in [0.717, 1.165) is 0 Å². The fraction of sp³-hybridized carbons (Fsp3) is 0.263. The third kappa shape index (κ3) is 4.53. The maximum Gasteiger partial charge on any atom is 0.269 e. The molecule has 8 heteroatoms. The van der Waals surface area contributed by atoms with Crippen molar-refractivity contribution in [2.75, 3.05) is 13.1 Å². The van der Waals surface area contributed by atoms with Crippen LogP contribution in [0, 0.1) is 5.92 Å². The molecule has 2 aromatic carbocycles. The molecule has 1 aliphatic rings. The summed E-state index contributed by atoms with van der Waals surface area (Å²) in [5.41, 5.74) is 5.27. The first-order valence-electron chi connectivity index (χ1n) is 8.69. The van der Waals surface area contributed by atoms with Crippen LogP contribution in [0.5, 0.6) is 0 Å². The lowest BCUT2D eigenvalue weighted by Gasteiger charge is -2.30. The monoisotopic (exact) mass is 387 g/mol. The molecule has 1 saturated heterocycles. The van der Waals surface area contributed by atoms with Crippen LogP contribution < -0.4 is 10.9 Å². The van der Waals surface area contributed by atoms with Crippen molar-refractivity contribution in [2.24, 2.45) is 5.92 Å². The number of nitrogens with zero attached hydrogens (tertiary/aromatic N) is 1. The van der Waals surface area contributed by atoms with Crippen molar-refractivity contribution in [1.29, 1.82) is 0 Å². The summed E-state index contributed by atoms with van der Waals surface area (Å²) < 4.78 is 26.6. The van der Waals surface area contributed by atoms with E-state index in [1.54, 1.807) is 60.7 Å². The number of carbonyl (C=O) groups excluding carboxylic acids is 2. The molecule has 1 heterocycles. The van der Waals surface area contributed by atoms with E-state index in [2.05, 4.69) is 10.9 Å². The molecule has 0 aromatic heterocycles. The van der Waals surface area contributed by atoms with Crippen LogP contribution in [0.15, 0.2) is 65.6 Å². The standard InChI is InChI=1S/C19H21N3O4S/c23-18(15-7-3-1-4-8-15)20-21-19(24)16-11-13-22(14-12-16)27(25,26)17-9-5-2-6-10-17/h1-10,16H,11-14H2,(H,20,23)(H,21,24). The molecule has 3 rings (SSSR count). The van der Waals surface area contributed by atoms with Gasteiger partial charge in [-0.1, -0.05) is 36.4 Å². The summed E-state index contributed by atoms with van der Waals surface area (Å²) in [6, 6.07) is 16.8. The normalized spacial score (nSPS) is 15.9. The predicted octanol–water partition coefficient (Wildman–Crippen LogP) is 1.55. The van der Waals surface area contributed by atoms with Gasteiger partial charge in [-0.2, -0.15) is 4.31 Å². The van der Waals surface area contributed by atoms with Crippen LogP contribution in [0.3, 0.4) is 0 Å². The van der Waals surface area contributed by atoms with E-state index in [4.69, 9.17) is 0 Å². The van der Waals surface area contributed by atoms with Crippen molar-refractivity contribution in [3.05, 3.63) is 66.2 Å². The number of carbonyl (C=O) groups is 2. The molecule has 2 amide bonds. The maximum absolute atomic E-state index is 12.6. The molecule has 0 radical (unpaired) electrons. The molecule has 1 aliphatic heterocycles. The Morgan fingerprint density at radius 1 is 0.852 bits per heavy atom. The highest BCUT2D eigenvalue weighted by molar-refractivity contribution is 7.89. The molecule has 2 aromatic rings. The summed E-state index contributed by atoms with van der Waals surface area (Å²) in [5, 5.41) is 0. The second kappa shape index (κ2) is 8.32. The Labute approximate surface area is 158 Å². The highest BCUT2D eigenvalue weighted by atomic mass is 32.2. The Kier molecular flexibility index (Phi) is 5.88. The number of hydrogen-bond donors (Lipinski definition) is 2. The van der Waals surface area contributed by atoms with Crippen molar-refractivity contribution in [3.8, 4) is 0 Å². The van der Waals surface area contributed by atoms with Crippen LogP contribution in [0.1, 0.15) is 23.2 Å².